The van der Waals surface area contributed by atoms with E-state index >= 15 is 0 Å². The van der Waals surface area contributed by atoms with Crippen molar-refractivity contribution >= 4 is 11.1 Å². The highest BCUT2D eigenvalue weighted by molar-refractivity contribution is 5.76. The first-order chi connectivity index (χ1) is 15.8. The number of fused-ring (bicyclic) bond motifs is 2. The van der Waals surface area contributed by atoms with Gasteiger partial charge in [0.2, 0.25) is 0 Å². The Labute approximate surface area is 196 Å². The van der Waals surface area contributed by atoms with Crippen LogP contribution in [0.3, 0.4) is 0 Å². The van der Waals surface area contributed by atoms with Crippen LogP contribution in [0.15, 0.2) is 60.7 Å². The molecule has 2 aliphatic rings. The predicted octanol–water partition coefficient (Wildman–Crippen LogP) is 10.1. The minimum Gasteiger partial charge on any atom is -0.0732 e. The van der Waals surface area contributed by atoms with Gasteiger partial charge in [-0.1, -0.05) is 113 Å². The van der Waals surface area contributed by atoms with Crippen molar-refractivity contribution in [3.05, 3.63) is 82.9 Å². The van der Waals surface area contributed by atoms with Crippen LogP contribution >= 0.6 is 0 Å². The molecule has 2 unspecified atom stereocenters. The number of hydrogen-bond donors (Lipinski definition) is 0. The third-order valence-electron chi connectivity index (χ3n) is 7.61. The first-order valence-electron chi connectivity index (χ1n) is 13.4. The van der Waals surface area contributed by atoms with E-state index in [4.69, 9.17) is 0 Å². The van der Waals surface area contributed by atoms with Crippen molar-refractivity contribution in [1.29, 1.82) is 0 Å². The van der Waals surface area contributed by atoms with Crippen molar-refractivity contribution in [3.8, 4) is 0 Å². The molecule has 2 atom stereocenters. The molecule has 2 aromatic carbocycles. The second kappa shape index (κ2) is 11.7. The SMILES string of the molecule is CCCCCCC1=CC(CCC2C=C(CCCCCC)c3ccccc32)c2ccccc21. The van der Waals surface area contributed by atoms with Crippen LogP contribution in [0, 0.1) is 0 Å². The molecule has 0 saturated carbocycles. The fourth-order valence-electron chi connectivity index (χ4n) is 5.83. The third kappa shape index (κ3) is 5.45. The Kier molecular flexibility index (Phi) is 8.43. The molecule has 4 rings (SSSR count). The molecule has 0 fully saturated rings. The summed E-state index contributed by atoms with van der Waals surface area (Å²) in [6, 6.07) is 18.4. The molecule has 0 radical (unpaired) electrons. The summed E-state index contributed by atoms with van der Waals surface area (Å²) in [6.45, 7) is 4.60. The molecular weight excluding hydrogens is 384 g/mol. The van der Waals surface area contributed by atoms with Gasteiger partial charge in [-0.25, -0.2) is 0 Å². The van der Waals surface area contributed by atoms with Gasteiger partial charge in [0, 0.05) is 11.8 Å². The number of benzene rings is 2. The summed E-state index contributed by atoms with van der Waals surface area (Å²) in [5, 5.41) is 0. The van der Waals surface area contributed by atoms with Crippen LogP contribution in [0.2, 0.25) is 0 Å². The van der Waals surface area contributed by atoms with E-state index in [0.29, 0.717) is 11.8 Å². The fourth-order valence-corrected chi connectivity index (χ4v) is 5.83. The maximum absolute atomic E-state index is 2.62. The van der Waals surface area contributed by atoms with Gasteiger partial charge in [0.1, 0.15) is 0 Å². The quantitative estimate of drug-likeness (QED) is 0.279. The fraction of sp³-hybridized carbons (Fsp3) is 0.500. The maximum atomic E-state index is 2.62. The number of rotatable bonds is 13. The van der Waals surface area contributed by atoms with Crippen molar-refractivity contribution in [1.82, 2.24) is 0 Å². The predicted molar refractivity (Wildman–Crippen MR) is 141 cm³/mol. The smallest absolute Gasteiger partial charge is 0.00303 e. The largest absolute Gasteiger partial charge is 0.0732 e. The van der Waals surface area contributed by atoms with Gasteiger partial charge in [-0.3, -0.25) is 0 Å². The highest BCUT2D eigenvalue weighted by Crippen LogP contribution is 2.45. The summed E-state index contributed by atoms with van der Waals surface area (Å²) < 4.78 is 0. The van der Waals surface area contributed by atoms with E-state index in [-0.39, 0.29) is 0 Å². The summed E-state index contributed by atoms with van der Waals surface area (Å²) in [7, 11) is 0. The van der Waals surface area contributed by atoms with E-state index < -0.39 is 0 Å². The molecule has 0 saturated heterocycles. The Hall–Kier alpha value is -2.08. The topological polar surface area (TPSA) is 0 Å². The van der Waals surface area contributed by atoms with Gasteiger partial charge < -0.3 is 0 Å². The first kappa shape index (κ1) is 23.1. The molecule has 0 N–H and O–H groups in total. The standard InChI is InChI=1S/C32H42/c1-3-5-7-9-15-25-23-27(31-19-13-11-17-29(25)31)21-22-28-24-26(16-10-8-6-4-2)30-18-12-14-20-32(28)30/h11-14,17-20,23-24,27-28H,3-10,15-16,21-22H2,1-2H3. The first-order valence-corrected chi connectivity index (χ1v) is 13.4. The minimum absolute atomic E-state index is 0.599. The molecule has 0 nitrogen and oxygen atoms in total. The molecule has 32 heavy (non-hydrogen) atoms. The molecule has 2 aromatic rings. The Bertz CT molecular complexity index is 851. The number of hydrogen-bond acceptors (Lipinski definition) is 0. The lowest BCUT2D eigenvalue weighted by molar-refractivity contribution is 0.641. The van der Waals surface area contributed by atoms with Gasteiger partial charge in [-0.2, -0.15) is 0 Å². The zero-order chi connectivity index (χ0) is 22.2. The van der Waals surface area contributed by atoms with Gasteiger partial charge in [-0.05, 0) is 71.9 Å². The molecular formula is C32H42. The van der Waals surface area contributed by atoms with Crippen LogP contribution in [-0.2, 0) is 0 Å². The molecule has 0 bridgehead atoms. The molecule has 170 valence electrons. The lowest BCUT2D eigenvalue weighted by Gasteiger charge is -2.15. The van der Waals surface area contributed by atoms with Crippen LogP contribution in [0.5, 0.6) is 0 Å². The molecule has 0 heteroatoms. The van der Waals surface area contributed by atoms with E-state index in [0.717, 1.165) is 0 Å². The van der Waals surface area contributed by atoms with E-state index in [1.807, 2.05) is 0 Å². The average Bonchev–Trinajstić information content (AvgIpc) is 3.36. The lowest BCUT2D eigenvalue weighted by atomic mass is 9.89. The molecule has 0 amide bonds. The average molecular weight is 427 g/mol. The Morgan fingerprint density at radius 2 is 0.969 bits per heavy atom. The van der Waals surface area contributed by atoms with E-state index in [9.17, 15) is 0 Å². The summed E-state index contributed by atoms with van der Waals surface area (Å²) >= 11 is 0. The van der Waals surface area contributed by atoms with Crippen LogP contribution in [0.1, 0.15) is 125 Å². The van der Waals surface area contributed by atoms with Gasteiger partial charge in [0.15, 0.2) is 0 Å². The van der Waals surface area contributed by atoms with Crippen molar-refractivity contribution in [3.63, 3.8) is 0 Å². The van der Waals surface area contributed by atoms with Gasteiger partial charge in [-0.15, -0.1) is 0 Å². The van der Waals surface area contributed by atoms with Crippen LogP contribution < -0.4 is 0 Å². The molecule has 0 spiro atoms. The van der Waals surface area contributed by atoms with Crippen molar-refractivity contribution in [2.75, 3.05) is 0 Å². The van der Waals surface area contributed by atoms with E-state index in [2.05, 4.69) is 74.5 Å². The molecule has 2 aliphatic carbocycles. The van der Waals surface area contributed by atoms with Crippen molar-refractivity contribution in [2.45, 2.75) is 103 Å². The summed E-state index contributed by atoms with van der Waals surface area (Å²) in [4.78, 5) is 0. The maximum Gasteiger partial charge on any atom is 0.00303 e. The Balaban J connectivity index is 1.42. The Morgan fingerprint density at radius 1 is 0.531 bits per heavy atom. The second-order valence-corrected chi connectivity index (χ2v) is 9.97. The lowest BCUT2D eigenvalue weighted by Crippen LogP contribution is -1.98. The summed E-state index contributed by atoms with van der Waals surface area (Å²) in [6.07, 6.45) is 21.0. The van der Waals surface area contributed by atoms with Gasteiger partial charge in [0.05, 0.1) is 0 Å². The number of allylic oxidation sites excluding steroid dienone is 4. The normalized spacial score (nSPS) is 18.9. The Morgan fingerprint density at radius 3 is 1.41 bits per heavy atom. The zero-order valence-electron chi connectivity index (χ0n) is 20.4. The summed E-state index contributed by atoms with van der Waals surface area (Å²) in [5.74, 6) is 1.20. The van der Waals surface area contributed by atoms with Crippen LogP contribution in [0.25, 0.3) is 11.1 Å². The highest BCUT2D eigenvalue weighted by Gasteiger charge is 2.26. The molecule has 0 aromatic heterocycles. The van der Waals surface area contributed by atoms with Gasteiger partial charge >= 0.3 is 0 Å². The molecule has 0 heterocycles. The van der Waals surface area contributed by atoms with Crippen LogP contribution in [0.4, 0.5) is 0 Å². The monoisotopic (exact) mass is 426 g/mol. The zero-order valence-corrected chi connectivity index (χ0v) is 20.4. The minimum atomic E-state index is 0.599. The summed E-state index contributed by atoms with van der Waals surface area (Å²) in [5.41, 5.74) is 9.45. The van der Waals surface area contributed by atoms with Gasteiger partial charge in [0.25, 0.3) is 0 Å². The van der Waals surface area contributed by atoms with E-state index in [1.165, 1.54) is 88.2 Å². The van der Waals surface area contributed by atoms with Crippen LogP contribution in [-0.4, -0.2) is 0 Å². The second-order valence-electron chi connectivity index (χ2n) is 9.97. The highest BCUT2D eigenvalue weighted by atomic mass is 14.3. The van der Waals surface area contributed by atoms with E-state index in [1.54, 1.807) is 22.3 Å². The molecule has 0 aliphatic heterocycles. The number of unbranched alkanes of at least 4 members (excludes halogenated alkanes) is 6. The third-order valence-corrected chi connectivity index (χ3v) is 7.61. The van der Waals surface area contributed by atoms with Crippen molar-refractivity contribution in [2.24, 2.45) is 0 Å². The van der Waals surface area contributed by atoms with Crippen molar-refractivity contribution < 1.29 is 0 Å².